The molecule has 0 unspecified atom stereocenters. The largest absolute Gasteiger partial charge is 0.393 e. The Morgan fingerprint density at radius 1 is 1.61 bits per heavy atom. The van der Waals surface area contributed by atoms with E-state index in [4.69, 9.17) is 11.3 Å². The maximum Gasteiger partial charge on any atom is 0.293 e. The molecule has 0 fully saturated rings. The van der Waals surface area contributed by atoms with Crippen molar-refractivity contribution in [3.8, 4) is 11.8 Å². The van der Waals surface area contributed by atoms with Gasteiger partial charge in [0.25, 0.3) is 5.69 Å². The van der Waals surface area contributed by atoms with Gasteiger partial charge in [-0.1, -0.05) is 17.0 Å². The molecule has 7 nitrogen and oxygen atoms in total. The number of hydrogen-bond acceptors (Lipinski definition) is 4. The van der Waals surface area contributed by atoms with E-state index in [2.05, 4.69) is 21.9 Å². The van der Waals surface area contributed by atoms with Crippen LogP contribution in [-0.2, 0) is 0 Å². The van der Waals surface area contributed by atoms with E-state index in [1.807, 2.05) is 0 Å². The normalized spacial score (nSPS) is 8.94. The average molecular weight is 249 g/mol. The van der Waals surface area contributed by atoms with Crippen LogP contribution in [-0.4, -0.2) is 11.5 Å². The molecule has 0 heterocycles. The molecular formula is C10H8FN5O2. The van der Waals surface area contributed by atoms with Crippen molar-refractivity contribution in [2.75, 3.05) is 12.3 Å². The molecule has 1 rings (SSSR count). The van der Waals surface area contributed by atoms with Crippen molar-refractivity contribution >= 4 is 11.4 Å². The first-order chi connectivity index (χ1) is 8.56. The molecule has 0 spiro atoms. The summed E-state index contributed by atoms with van der Waals surface area (Å²) in [6.45, 7) is 0.155. The van der Waals surface area contributed by atoms with E-state index in [-0.39, 0.29) is 24.2 Å². The van der Waals surface area contributed by atoms with Gasteiger partial charge in [0, 0.05) is 30.0 Å². The second kappa shape index (κ2) is 6.08. The van der Waals surface area contributed by atoms with Crippen LogP contribution in [0.15, 0.2) is 17.2 Å². The van der Waals surface area contributed by atoms with Crippen molar-refractivity contribution < 1.29 is 9.31 Å². The second-order valence-corrected chi connectivity index (χ2v) is 3.15. The van der Waals surface area contributed by atoms with Crippen LogP contribution in [0.2, 0.25) is 0 Å². The second-order valence-electron chi connectivity index (χ2n) is 3.15. The molecule has 18 heavy (non-hydrogen) atoms. The molecule has 0 amide bonds. The van der Waals surface area contributed by atoms with Gasteiger partial charge in [0.05, 0.1) is 10.5 Å². The Labute approximate surface area is 101 Å². The summed E-state index contributed by atoms with van der Waals surface area (Å²) in [5.41, 5.74) is 12.6. The predicted molar refractivity (Wildman–Crippen MR) is 63.0 cm³/mol. The molecule has 0 radical (unpaired) electrons. The summed E-state index contributed by atoms with van der Waals surface area (Å²) in [4.78, 5) is 12.4. The van der Waals surface area contributed by atoms with Gasteiger partial charge in [0.2, 0.25) is 0 Å². The Hall–Kier alpha value is -2.78. The number of nitrogen functional groups attached to an aromatic ring is 1. The zero-order chi connectivity index (χ0) is 13.5. The lowest BCUT2D eigenvalue weighted by Crippen LogP contribution is -1.98. The number of hydrogen-bond donors (Lipinski definition) is 1. The molecule has 0 aliphatic heterocycles. The fourth-order valence-corrected chi connectivity index (χ4v) is 1.14. The first-order valence-electron chi connectivity index (χ1n) is 4.79. The van der Waals surface area contributed by atoms with Gasteiger partial charge in [-0.15, -0.1) is 0 Å². The molecule has 1 aromatic rings. The van der Waals surface area contributed by atoms with Crippen molar-refractivity contribution in [2.24, 2.45) is 5.11 Å². The highest BCUT2D eigenvalue weighted by Crippen LogP contribution is 2.24. The summed E-state index contributed by atoms with van der Waals surface area (Å²) >= 11 is 0. The Balaban J connectivity index is 2.98. The quantitative estimate of drug-likeness (QED) is 0.129. The van der Waals surface area contributed by atoms with Gasteiger partial charge in [-0.2, -0.15) is 0 Å². The van der Waals surface area contributed by atoms with E-state index < -0.39 is 16.4 Å². The zero-order valence-corrected chi connectivity index (χ0v) is 9.13. The molecule has 0 aromatic heterocycles. The van der Waals surface area contributed by atoms with E-state index in [1.54, 1.807) is 0 Å². The zero-order valence-electron chi connectivity index (χ0n) is 9.13. The summed E-state index contributed by atoms with van der Waals surface area (Å²) in [7, 11) is 0. The number of nitrogens with two attached hydrogens (primary N) is 1. The molecule has 2 N–H and O–H groups in total. The van der Waals surface area contributed by atoms with Crippen molar-refractivity contribution in [1.82, 2.24) is 0 Å². The van der Waals surface area contributed by atoms with Crippen molar-refractivity contribution in [3.05, 3.63) is 44.1 Å². The van der Waals surface area contributed by atoms with Crippen LogP contribution in [0.5, 0.6) is 0 Å². The predicted octanol–water partition coefficient (Wildman–Crippen LogP) is 2.37. The Morgan fingerprint density at radius 3 is 2.94 bits per heavy atom. The molecular weight excluding hydrogens is 241 g/mol. The highest BCUT2D eigenvalue weighted by Gasteiger charge is 2.14. The number of azide groups is 1. The SMILES string of the molecule is [N-]=[N+]=NCCC#Cc1cc([N+](=O)[O-])c(N)cc1F. The Kier molecular flexibility index (Phi) is 4.49. The van der Waals surface area contributed by atoms with Crippen LogP contribution in [0, 0.1) is 27.8 Å². The standard InChI is InChI=1S/C10H8FN5O2/c11-8-6-9(12)10(16(17)18)5-7(8)3-1-2-4-14-15-13/h5-6H,2,4,12H2. The minimum atomic E-state index is -0.727. The van der Waals surface area contributed by atoms with Gasteiger partial charge in [-0.3, -0.25) is 10.1 Å². The number of rotatable bonds is 3. The van der Waals surface area contributed by atoms with Crippen molar-refractivity contribution in [3.63, 3.8) is 0 Å². The summed E-state index contributed by atoms with van der Waals surface area (Å²) < 4.78 is 13.4. The third kappa shape index (κ3) is 3.37. The minimum absolute atomic E-state index is 0.114. The van der Waals surface area contributed by atoms with Crippen LogP contribution in [0.4, 0.5) is 15.8 Å². The van der Waals surface area contributed by atoms with Crippen LogP contribution < -0.4 is 5.73 Å². The highest BCUT2D eigenvalue weighted by atomic mass is 19.1. The van der Waals surface area contributed by atoms with Crippen LogP contribution >= 0.6 is 0 Å². The number of anilines is 1. The molecule has 0 aliphatic carbocycles. The highest BCUT2D eigenvalue weighted by molar-refractivity contribution is 5.62. The van der Waals surface area contributed by atoms with E-state index in [0.717, 1.165) is 12.1 Å². The lowest BCUT2D eigenvalue weighted by molar-refractivity contribution is -0.384. The molecule has 8 heteroatoms. The number of nitro groups is 1. The minimum Gasteiger partial charge on any atom is -0.393 e. The van der Waals surface area contributed by atoms with Gasteiger partial charge >= 0.3 is 0 Å². The first-order valence-corrected chi connectivity index (χ1v) is 4.79. The van der Waals surface area contributed by atoms with E-state index in [9.17, 15) is 14.5 Å². The van der Waals surface area contributed by atoms with E-state index in [1.165, 1.54) is 0 Å². The van der Waals surface area contributed by atoms with Crippen LogP contribution in [0.1, 0.15) is 12.0 Å². The van der Waals surface area contributed by atoms with Gasteiger partial charge in [0.1, 0.15) is 11.5 Å². The molecule has 0 atom stereocenters. The number of halogens is 1. The average Bonchev–Trinajstić information content (AvgIpc) is 2.30. The number of nitro benzene ring substituents is 1. The third-order valence-electron chi connectivity index (χ3n) is 1.94. The lowest BCUT2D eigenvalue weighted by atomic mass is 10.1. The number of nitrogens with zero attached hydrogens (tertiary/aromatic N) is 4. The van der Waals surface area contributed by atoms with Gasteiger partial charge in [-0.25, -0.2) is 4.39 Å². The molecule has 0 saturated heterocycles. The summed E-state index contributed by atoms with van der Waals surface area (Å²) in [5, 5.41) is 13.8. The smallest absolute Gasteiger partial charge is 0.293 e. The van der Waals surface area contributed by atoms with Gasteiger partial charge in [0.15, 0.2) is 0 Å². The number of benzene rings is 1. The fraction of sp³-hybridized carbons (Fsp3) is 0.200. The van der Waals surface area contributed by atoms with Crippen LogP contribution in [0.3, 0.4) is 0 Å². The summed E-state index contributed by atoms with van der Waals surface area (Å²) in [6, 6.07) is 1.83. The molecule has 0 aliphatic rings. The molecule has 0 bridgehead atoms. The maximum absolute atomic E-state index is 13.4. The summed E-state index contributed by atoms with van der Waals surface area (Å²) in [6.07, 6.45) is 0.238. The van der Waals surface area contributed by atoms with E-state index in [0.29, 0.717) is 0 Å². The Morgan fingerprint density at radius 2 is 2.33 bits per heavy atom. The summed E-state index contributed by atoms with van der Waals surface area (Å²) in [5.74, 6) is 4.24. The van der Waals surface area contributed by atoms with E-state index >= 15 is 0 Å². The molecule has 1 aromatic carbocycles. The van der Waals surface area contributed by atoms with Crippen LogP contribution in [0.25, 0.3) is 10.4 Å². The van der Waals surface area contributed by atoms with Crippen molar-refractivity contribution in [1.29, 1.82) is 0 Å². The van der Waals surface area contributed by atoms with Crippen molar-refractivity contribution in [2.45, 2.75) is 6.42 Å². The molecule has 92 valence electrons. The first kappa shape index (κ1) is 13.3. The Bertz CT molecular complexity index is 584. The topological polar surface area (TPSA) is 118 Å². The molecule has 0 saturated carbocycles. The lowest BCUT2D eigenvalue weighted by Gasteiger charge is -1.99. The fourth-order valence-electron chi connectivity index (χ4n) is 1.14. The maximum atomic E-state index is 13.4. The monoisotopic (exact) mass is 249 g/mol. The van der Waals surface area contributed by atoms with Gasteiger partial charge in [-0.05, 0) is 5.53 Å². The third-order valence-corrected chi connectivity index (χ3v) is 1.94. The van der Waals surface area contributed by atoms with Gasteiger partial charge < -0.3 is 5.73 Å².